The Morgan fingerprint density at radius 1 is 1.38 bits per heavy atom. The van der Waals surface area contributed by atoms with Crippen molar-refractivity contribution in [2.45, 2.75) is 25.5 Å². The summed E-state index contributed by atoms with van der Waals surface area (Å²) in [5.74, 6) is -2.21. The highest BCUT2D eigenvalue weighted by Crippen LogP contribution is 2.17. The minimum absolute atomic E-state index is 0.0419. The third kappa shape index (κ3) is 4.58. The number of nitrogens with zero attached hydrogens (tertiary/aromatic N) is 1. The lowest BCUT2D eigenvalue weighted by Gasteiger charge is -2.22. The molecule has 0 saturated carbocycles. The zero-order chi connectivity index (χ0) is 15.8. The first-order valence-corrected chi connectivity index (χ1v) is 6.49. The summed E-state index contributed by atoms with van der Waals surface area (Å²) in [5, 5.41) is 20.3. The molecule has 0 heterocycles. The first kappa shape index (κ1) is 16.7. The second kappa shape index (κ2) is 8.02. The lowest BCUT2D eigenvalue weighted by molar-refractivity contribution is -0.145. The molecule has 2 N–H and O–H groups in total. The van der Waals surface area contributed by atoms with Crippen molar-refractivity contribution in [2.24, 2.45) is 5.92 Å². The fraction of sp³-hybridized carbons (Fsp3) is 0.400. The van der Waals surface area contributed by atoms with Gasteiger partial charge in [-0.3, -0.25) is 4.79 Å². The van der Waals surface area contributed by atoms with Crippen LogP contribution in [0.4, 0.5) is 0 Å². The maximum atomic E-state index is 12.2. The molecule has 6 heteroatoms. The number of nitrogens with one attached hydrogen (secondary N) is 1. The Kier molecular flexibility index (Phi) is 6.37. The Bertz CT molecular complexity index is 524. The minimum atomic E-state index is -1.17. The van der Waals surface area contributed by atoms with E-state index in [9.17, 15) is 14.7 Å². The molecule has 1 amide bonds. The molecule has 0 aliphatic carbocycles. The maximum absolute atomic E-state index is 12.2. The van der Waals surface area contributed by atoms with Gasteiger partial charge in [0.1, 0.15) is 6.04 Å². The highest BCUT2D eigenvalue weighted by molar-refractivity contribution is 5.87. The number of nitriles is 1. The van der Waals surface area contributed by atoms with E-state index in [0.717, 1.165) is 0 Å². The van der Waals surface area contributed by atoms with Crippen LogP contribution in [0.15, 0.2) is 30.3 Å². The van der Waals surface area contributed by atoms with Gasteiger partial charge >= 0.3 is 5.97 Å². The number of carboxylic acid groups (broad SMARTS) is 1. The maximum Gasteiger partial charge on any atom is 0.326 e. The Morgan fingerprint density at radius 2 is 2.00 bits per heavy atom. The second-order valence-electron chi connectivity index (χ2n) is 4.69. The molecule has 0 bridgehead atoms. The number of benzene rings is 1. The van der Waals surface area contributed by atoms with E-state index in [2.05, 4.69) is 5.32 Å². The largest absolute Gasteiger partial charge is 0.480 e. The van der Waals surface area contributed by atoms with Crippen molar-refractivity contribution in [1.82, 2.24) is 5.32 Å². The number of methoxy groups -OCH3 is 1. The Labute approximate surface area is 123 Å². The van der Waals surface area contributed by atoms with Gasteiger partial charge in [-0.2, -0.15) is 5.26 Å². The highest BCUT2D eigenvalue weighted by Gasteiger charge is 2.30. The SMILES string of the molecule is CO[C@H](C(=O)N[C@H](C(=O)O)[C@H](C)CC#N)c1ccccc1. The summed E-state index contributed by atoms with van der Waals surface area (Å²) >= 11 is 0. The first-order valence-electron chi connectivity index (χ1n) is 6.49. The van der Waals surface area contributed by atoms with E-state index in [1.807, 2.05) is 12.1 Å². The summed E-state index contributed by atoms with van der Waals surface area (Å²) < 4.78 is 5.15. The molecule has 3 atom stereocenters. The molecule has 0 fully saturated rings. The number of carbonyl (C=O) groups excluding carboxylic acids is 1. The van der Waals surface area contributed by atoms with Gasteiger partial charge in [-0.1, -0.05) is 37.3 Å². The van der Waals surface area contributed by atoms with E-state index in [0.29, 0.717) is 5.56 Å². The van der Waals surface area contributed by atoms with Crippen molar-refractivity contribution in [3.05, 3.63) is 35.9 Å². The molecular formula is C15H18N2O4. The lowest BCUT2D eigenvalue weighted by atomic mass is 9.98. The molecule has 0 aliphatic rings. The Morgan fingerprint density at radius 3 is 2.48 bits per heavy atom. The van der Waals surface area contributed by atoms with Crippen LogP contribution in [0, 0.1) is 17.2 Å². The lowest BCUT2D eigenvalue weighted by Crippen LogP contribution is -2.47. The molecule has 0 radical (unpaired) electrons. The van der Waals surface area contributed by atoms with Crippen LogP contribution in [-0.4, -0.2) is 30.1 Å². The normalized spacial score (nSPS) is 14.5. The van der Waals surface area contributed by atoms with Crippen LogP contribution in [0.3, 0.4) is 0 Å². The third-order valence-electron chi connectivity index (χ3n) is 3.12. The molecule has 6 nitrogen and oxygen atoms in total. The number of ether oxygens (including phenoxy) is 1. The van der Waals surface area contributed by atoms with Gasteiger partial charge < -0.3 is 15.2 Å². The molecule has 1 aromatic rings. The van der Waals surface area contributed by atoms with Gasteiger partial charge in [-0.05, 0) is 5.56 Å². The minimum Gasteiger partial charge on any atom is -0.480 e. The molecule has 0 aliphatic heterocycles. The zero-order valence-corrected chi connectivity index (χ0v) is 11.9. The first-order chi connectivity index (χ1) is 10.0. The number of aliphatic carboxylic acids is 1. The van der Waals surface area contributed by atoms with Crippen LogP contribution in [0.25, 0.3) is 0 Å². The van der Waals surface area contributed by atoms with Crippen LogP contribution in [0.5, 0.6) is 0 Å². The van der Waals surface area contributed by atoms with Crippen molar-refractivity contribution in [1.29, 1.82) is 5.26 Å². The second-order valence-corrected chi connectivity index (χ2v) is 4.69. The van der Waals surface area contributed by atoms with Gasteiger partial charge in [0.25, 0.3) is 5.91 Å². The van der Waals surface area contributed by atoms with Crippen molar-refractivity contribution in [3.63, 3.8) is 0 Å². The summed E-state index contributed by atoms with van der Waals surface area (Å²) in [6, 6.07) is 9.57. The zero-order valence-electron chi connectivity index (χ0n) is 11.9. The fourth-order valence-electron chi connectivity index (χ4n) is 1.96. The topological polar surface area (TPSA) is 99.4 Å². The highest BCUT2D eigenvalue weighted by atomic mass is 16.5. The molecule has 0 unspecified atom stereocenters. The summed E-state index contributed by atoms with van der Waals surface area (Å²) in [5.41, 5.74) is 0.634. The van der Waals surface area contributed by atoms with Crippen LogP contribution in [0.2, 0.25) is 0 Å². The molecule has 112 valence electrons. The van der Waals surface area contributed by atoms with E-state index in [4.69, 9.17) is 10.00 Å². The van der Waals surface area contributed by atoms with Gasteiger partial charge in [0.15, 0.2) is 6.10 Å². The molecule has 0 spiro atoms. The van der Waals surface area contributed by atoms with E-state index in [1.165, 1.54) is 7.11 Å². The summed E-state index contributed by atoms with van der Waals surface area (Å²) in [6.07, 6.45) is -0.845. The summed E-state index contributed by atoms with van der Waals surface area (Å²) in [7, 11) is 1.38. The van der Waals surface area contributed by atoms with Crippen molar-refractivity contribution in [2.75, 3.05) is 7.11 Å². The number of hydrogen-bond donors (Lipinski definition) is 2. The van der Waals surface area contributed by atoms with Gasteiger partial charge in [0.2, 0.25) is 0 Å². The van der Waals surface area contributed by atoms with Gasteiger partial charge in [-0.15, -0.1) is 0 Å². The number of carboxylic acids is 1. The van der Waals surface area contributed by atoms with E-state index in [-0.39, 0.29) is 6.42 Å². The number of amides is 1. The number of rotatable bonds is 7. The van der Waals surface area contributed by atoms with Crippen molar-refractivity contribution in [3.8, 4) is 6.07 Å². The summed E-state index contributed by atoms with van der Waals surface area (Å²) in [4.78, 5) is 23.4. The molecule has 0 saturated heterocycles. The van der Waals surface area contributed by atoms with Crippen LogP contribution < -0.4 is 5.32 Å². The van der Waals surface area contributed by atoms with Gasteiger partial charge in [-0.25, -0.2) is 4.79 Å². The standard InChI is InChI=1S/C15H18N2O4/c1-10(8-9-16)12(15(19)20)17-14(18)13(21-2)11-6-4-3-5-7-11/h3-7,10,12-13H,8H2,1-2H3,(H,17,18)(H,19,20)/t10-,12+,13+/m1/s1. The van der Waals surface area contributed by atoms with E-state index in [1.54, 1.807) is 31.2 Å². The third-order valence-corrected chi connectivity index (χ3v) is 3.12. The van der Waals surface area contributed by atoms with Crippen LogP contribution in [-0.2, 0) is 14.3 Å². The predicted molar refractivity (Wildman–Crippen MR) is 75.2 cm³/mol. The molecule has 1 aromatic carbocycles. The van der Waals surface area contributed by atoms with Crippen molar-refractivity contribution < 1.29 is 19.4 Å². The van der Waals surface area contributed by atoms with Gasteiger partial charge in [0.05, 0.1) is 6.07 Å². The molecule has 1 rings (SSSR count). The quantitative estimate of drug-likeness (QED) is 0.792. The number of hydrogen-bond acceptors (Lipinski definition) is 4. The Hall–Kier alpha value is -2.39. The fourth-order valence-corrected chi connectivity index (χ4v) is 1.96. The average molecular weight is 290 g/mol. The van der Waals surface area contributed by atoms with E-state index >= 15 is 0 Å². The van der Waals surface area contributed by atoms with E-state index < -0.39 is 29.9 Å². The Balaban J connectivity index is 2.85. The average Bonchev–Trinajstić information content (AvgIpc) is 2.46. The molecule has 0 aromatic heterocycles. The van der Waals surface area contributed by atoms with Crippen LogP contribution in [0.1, 0.15) is 25.0 Å². The molecule has 21 heavy (non-hydrogen) atoms. The molecular weight excluding hydrogens is 272 g/mol. The number of carbonyl (C=O) groups is 2. The summed E-state index contributed by atoms with van der Waals surface area (Å²) in [6.45, 7) is 1.60. The van der Waals surface area contributed by atoms with Crippen LogP contribution >= 0.6 is 0 Å². The monoisotopic (exact) mass is 290 g/mol. The van der Waals surface area contributed by atoms with Crippen molar-refractivity contribution >= 4 is 11.9 Å². The smallest absolute Gasteiger partial charge is 0.326 e. The van der Waals surface area contributed by atoms with Gasteiger partial charge in [0, 0.05) is 19.4 Å². The predicted octanol–water partition coefficient (Wildman–Crippen LogP) is 1.49.